The standard InChI is InChI=1S/C12H16F2N2O3S/c1-16(7-8-3-2-6-19-8)20(17,18)10-5-4-9(13)12(15)11(10)14/h4-5,8H,2-3,6-7,15H2,1H3. The molecule has 1 fully saturated rings. The molecule has 1 atom stereocenters. The number of nitrogens with zero attached hydrogens (tertiary/aromatic N) is 1. The SMILES string of the molecule is CN(CC1CCCO1)S(=O)(=O)c1ccc(F)c(N)c1F. The van der Waals surface area contributed by atoms with E-state index in [0.717, 1.165) is 29.3 Å². The van der Waals surface area contributed by atoms with Gasteiger partial charge in [0.2, 0.25) is 10.0 Å². The van der Waals surface area contributed by atoms with E-state index < -0.39 is 32.2 Å². The number of likely N-dealkylation sites (N-methyl/N-ethyl adjacent to an activating group) is 1. The molecule has 0 aromatic heterocycles. The Morgan fingerprint density at radius 1 is 1.45 bits per heavy atom. The van der Waals surface area contributed by atoms with Gasteiger partial charge in [0.25, 0.3) is 0 Å². The summed E-state index contributed by atoms with van der Waals surface area (Å²) in [6.07, 6.45) is 1.43. The van der Waals surface area contributed by atoms with Crippen molar-refractivity contribution in [1.29, 1.82) is 0 Å². The van der Waals surface area contributed by atoms with Crippen LogP contribution in [0.5, 0.6) is 0 Å². The average molecular weight is 306 g/mol. The Balaban J connectivity index is 2.27. The van der Waals surface area contributed by atoms with Crippen molar-refractivity contribution in [3.8, 4) is 0 Å². The molecule has 2 rings (SSSR count). The van der Waals surface area contributed by atoms with Crippen LogP contribution in [0.4, 0.5) is 14.5 Å². The minimum absolute atomic E-state index is 0.124. The molecular formula is C12H16F2N2O3S. The van der Waals surface area contributed by atoms with Gasteiger partial charge in [-0.3, -0.25) is 0 Å². The van der Waals surface area contributed by atoms with Crippen LogP contribution in [0.1, 0.15) is 12.8 Å². The van der Waals surface area contributed by atoms with E-state index in [1.54, 1.807) is 0 Å². The average Bonchev–Trinajstić information content (AvgIpc) is 2.88. The van der Waals surface area contributed by atoms with E-state index >= 15 is 0 Å². The highest BCUT2D eigenvalue weighted by molar-refractivity contribution is 7.89. The van der Waals surface area contributed by atoms with Crippen LogP contribution in [0.3, 0.4) is 0 Å². The molecule has 1 aromatic rings. The second kappa shape index (κ2) is 5.63. The quantitative estimate of drug-likeness (QED) is 0.852. The molecule has 0 saturated carbocycles. The van der Waals surface area contributed by atoms with Crippen LogP contribution >= 0.6 is 0 Å². The maximum atomic E-state index is 13.8. The van der Waals surface area contributed by atoms with Crippen molar-refractivity contribution >= 4 is 15.7 Å². The van der Waals surface area contributed by atoms with Crippen molar-refractivity contribution < 1.29 is 21.9 Å². The first kappa shape index (κ1) is 15.1. The fourth-order valence-corrected chi connectivity index (χ4v) is 3.36. The van der Waals surface area contributed by atoms with Crippen molar-refractivity contribution in [2.45, 2.75) is 23.8 Å². The summed E-state index contributed by atoms with van der Waals surface area (Å²) in [7, 11) is -2.74. The highest BCUT2D eigenvalue weighted by Gasteiger charge is 2.29. The number of nitrogens with two attached hydrogens (primary N) is 1. The lowest BCUT2D eigenvalue weighted by Crippen LogP contribution is -2.34. The van der Waals surface area contributed by atoms with Gasteiger partial charge in [0.15, 0.2) is 5.82 Å². The van der Waals surface area contributed by atoms with Crippen LogP contribution in [-0.4, -0.2) is 39.0 Å². The predicted molar refractivity (Wildman–Crippen MR) is 69.6 cm³/mol. The summed E-state index contributed by atoms with van der Waals surface area (Å²) in [5.74, 6) is -2.24. The zero-order chi connectivity index (χ0) is 14.9. The van der Waals surface area contributed by atoms with Crippen LogP contribution in [0.15, 0.2) is 17.0 Å². The normalized spacial score (nSPS) is 19.7. The van der Waals surface area contributed by atoms with Gasteiger partial charge in [-0.1, -0.05) is 0 Å². The molecule has 0 spiro atoms. The molecule has 5 nitrogen and oxygen atoms in total. The maximum absolute atomic E-state index is 13.8. The van der Waals surface area contributed by atoms with Crippen molar-refractivity contribution in [1.82, 2.24) is 4.31 Å². The van der Waals surface area contributed by atoms with E-state index in [-0.39, 0.29) is 12.6 Å². The van der Waals surface area contributed by atoms with Gasteiger partial charge < -0.3 is 10.5 Å². The third-order valence-electron chi connectivity index (χ3n) is 3.26. The number of benzene rings is 1. The summed E-state index contributed by atoms with van der Waals surface area (Å²) in [6.45, 7) is 0.718. The Hall–Kier alpha value is -1.25. The van der Waals surface area contributed by atoms with Gasteiger partial charge in [-0.25, -0.2) is 17.2 Å². The van der Waals surface area contributed by atoms with Gasteiger partial charge in [-0.2, -0.15) is 4.31 Å². The Kier molecular flexibility index (Phi) is 4.26. The molecule has 1 aliphatic heterocycles. The van der Waals surface area contributed by atoms with Gasteiger partial charge in [0, 0.05) is 20.2 Å². The monoisotopic (exact) mass is 306 g/mol. The first-order valence-electron chi connectivity index (χ1n) is 6.15. The molecule has 0 bridgehead atoms. The van der Waals surface area contributed by atoms with Crippen LogP contribution in [-0.2, 0) is 14.8 Å². The lowest BCUT2D eigenvalue weighted by molar-refractivity contribution is 0.0978. The minimum atomic E-state index is -4.06. The molecule has 0 amide bonds. The largest absolute Gasteiger partial charge is 0.394 e. The zero-order valence-electron chi connectivity index (χ0n) is 11.0. The van der Waals surface area contributed by atoms with Gasteiger partial charge in [-0.15, -0.1) is 0 Å². The highest BCUT2D eigenvalue weighted by Crippen LogP contribution is 2.25. The molecule has 1 heterocycles. The predicted octanol–water partition coefficient (Wildman–Crippen LogP) is 1.35. The van der Waals surface area contributed by atoms with Gasteiger partial charge in [-0.05, 0) is 25.0 Å². The number of ether oxygens (including phenoxy) is 1. The summed E-state index contributed by atoms with van der Waals surface area (Å²) in [4.78, 5) is -0.628. The fourth-order valence-electron chi connectivity index (χ4n) is 2.09. The Morgan fingerprint density at radius 3 is 2.75 bits per heavy atom. The lowest BCUT2D eigenvalue weighted by Gasteiger charge is -2.21. The Labute approximate surface area is 116 Å². The number of anilines is 1. The van der Waals surface area contributed by atoms with Crippen LogP contribution in [0.2, 0.25) is 0 Å². The van der Waals surface area contributed by atoms with Crippen molar-refractivity contribution in [3.05, 3.63) is 23.8 Å². The van der Waals surface area contributed by atoms with E-state index in [0.29, 0.717) is 6.61 Å². The second-order valence-electron chi connectivity index (χ2n) is 4.69. The third-order valence-corrected chi connectivity index (χ3v) is 5.10. The van der Waals surface area contributed by atoms with Crippen molar-refractivity contribution in [2.24, 2.45) is 0 Å². The summed E-state index contributed by atoms with van der Waals surface area (Å²) >= 11 is 0. The summed E-state index contributed by atoms with van der Waals surface area (Å²) in [6, 6.07) is 1.72. The number of rotatable bonds is 4. The summed E-state index contributed by atoms with van der Waals surface area (Å²) < 4.78 is 57.8. The smallest absolute Gasteiger partial charge is 0.245 e. The van der Waals surface area contributed by atoms with Crippen molar-refractivity contribution in [3.63, 3.8) is 0 Å². The molecule has 112 valence electrons. The number of halogens is 2. The van der Waals surface area contributed by atoms with Crippen molar-refractivity contribution in [2.75, 3.05) is 25.9 Å². The lowest BCUT2D eigenvalue weighted by atomic mass is 10.2. The van der Waals surface area contributed by atoms with Crippen LogP contribution < -0.4 is 5.73 Å². The first-order chi connectivity index (χ1) is 9.34. The number of hydrogen-bond donors (Lipinski definition) is 1. The second-order valence-corrected chi connectivity index (χ2v) is 6.71. The highest BCUT2D eigenvalue weighted by atomic mass is 32.2. The molecule has 20 heavy (non-hydrogen) atoms. The first-order valence-corrected chi connectivity index (χ1v) is 7.59. The Bertz CT molecular complexity index is 601. The molecule has 1 aliphatic rings. The molecule has 8 heteroatoms. The third kappa shape index (κ3) is 2.77. The van der Waals surface area contributed by atoms with E-state index in [1.165, 1.54) is 7.05 Å². The van der Waals surface area contributed by atoms with Crippen LogP contribution in [0, 0.1) is 11.6 Å². The van der Waals surface area contributed by atoms with Gasteiger partial charge >= 0.3 is 0 Å². The maximum Gasteiger partial charge on any atom is 0.245 e. The van der Waals surface area contributed by atoms with E-state index in [1.807, 2.05) is 0 Å². The van der Waals surface area contributed by atoms with Gasteiger partial charge in [0.1, 0.15) is 16.4 Å². The number of hydrogen-bond acceptors (Lipinski definition) is 4. The number of nitrogen functional groups attached to an aromatic ring is 1. The minimum Gasteiger partial charge on any atom is -0.394 e. The number of sulfonamides is 1. The molecule has 1 unspecified atom stereocenters. The molecular weight excluding hydrogens is 290 g/mol. The molecule has 1 saturated heterocycles. The summed E-state index contributed by atoms with van der Waals surface area (Å²) in [5.41, 5.74) is 4.39. The topological polar surface area (TPSA) is 72.6 Å². The fraction of sp³-hybridized carbons (Fsp3) is 0.500. The Morgan fingerprint density at radius 2 is 2.15 bits per heavy atom. The molecule has 0 aliphatic carbocycles. The van der Waals surface area contributed by atoms with Crippen LogP contribution in [0.25, 0.3) is 0 Å². The zero-order valence-corrected chi connectivity index (χ0v) is 11.8. The molecule has 1 aromatic carbocycles. The van der Waals surface area contributed by atoms with E-state index in [4.69, 9.17) is 10.5 Å². The molecule has 0 radical (unpaired) electrons. The van der Waals surface area contributed by atoms with E-state index in [9.17, 15) is 17.2 Å². The van der Waals surface area contributed by atoms with Gasteiger partial charge in [0.05, 0.1) is 6.10 Å². The summed E-state index contributed by atoms with van der Waals surface area (Å²) in [5, 5.41) is 0. The molecule has 2 N–H and O–H groups in total. The van der Waals surface area contributed by atoms with E-state index in [2.05, 4.69) is 0 Å².